The van der Waals surface area contributed by atoms with Crippen molar-refractivity contribution < 1.29 is 5.11 Å². The molecular weight excluding hydrogens is 263 g/mol. The minimum atomic E-state index is 0.0491. The lowest BCUT2D eigenvalue weighted by atomic mass is 10.1. The number of hydrogen-bond acceptors (Lipinski definition) is 2. The van der Waals surface area contributed by atoms with Gasteiger partial charge in [0.25, 0.3) is 0 Å². The van der Waals surface area contributed by atoms with Gasteiger partial charge in [-0.2, -0.15) is 0 Å². The molecule has 16 heavy (non-hydrogen) atoms. The maximum absolute atomic E-state index is 9.58. The fourth-order valence-electron chi connectivity index (χ4n) is 1.66. The molecule has 0 saturated heterocycles. The molecule has 0 fully saturated rings. The number of aromatic hydroxyl groups is 1. The number of halogens is 2. The van der Waals surface area contributed by atoms with Crippen molar-refractivity contribution in [1.82, 2.24) is 0 Å². The van der Waals surface area contributed by atoms with Crippen molar-refractivity contribution in [1.29, 1.82) is 0 Å². The normalized spacial score (nSPS) is 11.6. The highest BCUT2D eigenvalue weighted by Crippen LogP contribution is 2.42. The largest absolute Gasteiger partial charge is 0.506 e. The van der Waals surface area contributed by atoms with Crippen LogP contribution in [0.4, 0.5) is 0 Å². The Morgan fingerprint density at radius 1 is 1.25 bits per heavy atom. The number of phenols is 1. The maximum Gasteiger partial charge on any atom is 0.136 e. The Labute approximate surface area is 109 Å². The van der Waals surface area contributed by atoms with Gasteiger partial charge in [-0.15, -0.1) is 11.3 Å². The average molecular weight is 275 g/mol. The Balaban J connectivity index is 2.57. The molecule has 1 aromatic heterocycles. The predicted molar refractivity (Wildman–Crippen MR) is 72.1 cm³/mol. The molecule has 0 aliphatic heterocycles. The van der Waals surface area contributed by atoms with Gasteiger partial charge in [-0.1, -0.05) is 37.0 Å². The predicted octanol–water partition coefficient (Wildman–Crippen LogP) is 5.11. The number of benzene rings is 1. The van der Waals surface area contributed by atoms with Crippen LogP contribution in [-0.4, -0.2) is 5.11 Å². The van der Waals surface area contributed by atoms with Crippen LogP contribution in [0.2, 0.25) is 10.0 Å². The van der Waals surface area contributed by atoms with Crippen molar-refractivity contribution in [3.63, 3.8) is 0 Å². The molecule has 0 spiro atoms. The van der Waals surface area contributed by atoms with E-state index in [0.29, 0.717) is 10.9 Å². The summed E-state index contributed by atoms with van der Waals surface area (Å²) >= 11 is 13.6. The summed E-state index contributed by atoms with van der Waals surface area (Å²) < 4.78 is 0.958. The molecule has 86 valence electrons. The Kier molecular flexibility index (Phi) is 3.34. The molecule has 1 N–H and O–H groups in total. The van der Waals surface area contributed by atoms with Crippen LogP contribution in [0.25, 0.3) is 10.1 Å². The van der Waals surface area contributed by atoms with Crippen molar-refractivity contribution in [2.24, 2.45) is 5.92 Å². The molecule has 1 heterocycles. The molecule has 4 heteroatoms. The number of phenolic OH excluding ortho intramolecular Hbond substituents is 1. The second kappa shape index (κ2) is 4.44. The molecule has 0 aliphatic carbocycles. The van der Waals surface area contributed by atoms with Gasteiger partial charge in [-0.25, -0.2) is 0 Å². The van der Waals surface area contributed by atoms with Crippen LogP contribution in [0.1, 0.15) is 18.7 Å². The lowest BCUT2D eigenvalue weighted by Crippen LogP contribution is -1.89. The number of rotatable bonds is 2. The molecule has 0 radical (unpaired) electrons. The zero-order valence-electron chi connectivity index (χ0n) is 9.05. The zero-order valence-corrected chi connectivity index (χ0v) is 11.4. The van der Waals surface area contributed by atoms with Gasteiger partial charge in [0.15, 0.2) is 0 Å². The molecule has 0 unspecified atom stereocenters. The van der Waals surface area contributed by atoms with Crippen LogP contribution >= 0.6 is 34.5 Å². The highest BCUT2D eigenvalue weighted by Gasteiger charge is 2.13. The minimum absolute atomic E-state index is 0.0491. The number of hydrogen-bond donors (Lipinski definition) is 1. The Hall–Kier alpha value is -0.440. The van der Waals surface area contributed by atoms with Crippen molar-refractivity contribution in [2.45, 2.75) is 20.3 Å². The average Bonchev–Trinajstić information content (AvgIpc) is 2.56. The molecule has 2 rings (SSSR count). The van der Waals surface area contributed by atoms with E-state index in [2.05, 4.69) is 19.9 Å². The standard InChI is InChI=1S/C12H12Cl2OS/c1-6(2)3-8-4-7-5-9(15)10(13)11(14)12(7)16-8/h4-6,15H,3H2,1-2H3. The summed E-state index contributed by atoms with van der Waals surface area (Å²) in [6, 6.07) is 3.74. The second-order valence-electron chi connectivity index (χ2n) is 4.25. The van der Waals surface area contributed by atoms with Crippen LogP contribution in [-0.2, 0) is 6.42 Å². The highest BCUT2D eigenvalue weighted by molar-refractivity contribution is 7.19. The molecule has 0 amide bonds. The maximum atomic E-state index is 9.58. The van der Waals surface area contributed by atoms with E-state index in [4.69, 9.17) is 23.2 Å². The first-order chi connectivity index (χ1) is 7.49. The summed E-state index contributed by atoms with van der Waals surface area (Å²) in [6.45, 7) is 4.35. The van der Waals surface area contributed by atoms with E-state index >= 15 is 0 Å². The van der Waals surface area contributed by atoms with Crippen molar-refractivity contribution in [3.8, 4) is 5.75 Å². The zero-order chi connectivity index (χ0) is 11.9. The fraction of sp³-hybridized carbons (Fsp3) is 0.333. The first-order valence-corrected chi connectivity index (χ1v) is 6.65. The molecule has 1 nitrogen and oxygen atoms in total. The van der Waals surface area contributed by atoms with Gasteiger partial charge in [-0.05, 0) is 29.9 Å². The SMILES string of the molecule is CC(C)Cc1cc2cc(O)c(Cl)c(Cl)c2s1. The topological polar surface area (TPSA) is 20.2 Å². The first kappa shape index (κ1) is 12.0. The third kappa shape index (κ3) is 2.15. The highest BCUT2D eigenvalue weighted by atomic mass is 35.5. The Morgan fingerprint density at radius 3 is 2.56 bits per heavy atom. The third-order valence-electron chi connectivity index (χ3n) is 2.33. The van der Waals surface area contributed by atoms with Gasteiger partial charge in [0.1, 0.15) is 10.8 Å². The van der Waals surface area contributed by atoms with Crippen LogP contribution < -0.4 is 0 Å². The fourth-order valence-corrected chi connectivity index (χ4v) is 3.48. The summed E-state index contributed by atoms with van der Waals surface area (Å²) in [5.74, 6) is 0.656. The summed E-state index contributed by atoms with van der Waals surface area (Å²) in [5.41, 5.74) is 0. The molecule has 0 bridgehead atoms. The van der Waals surface area contributed by atoms with Crippen molar-refractivity contribution in [2.75, 3.05) is 0 Å². The van der Waals surface area contributed by atoms with E-state index in [1.165, 1.54) is 4.88 Å². The summed E-state index contributed by atoms with van der Waals surface area (Å²) in [6.07, 6.45) is 1.02. The van der Waals surface area contributed by atoms with Gasteiger partial charge >= 0.3 is 0 Å². The summed E-state index contributed by atoms with van der Waals surface area (Å²) in [7, 11) is 0. The molecular formula is C12H12Cl2OS. The molecule has 1 aromatic carbocycles. The summed E-state index contributed by atoms with van der Waals surface area (Å²) in [5, 5.41) is 11.2. The van der Waals surface area contributed by atoms with Gasteiger partial charge < -0.3 is 5.11 Å². The van der Waals surface area contributed by atoms with E-state index < -0.39 is 0 Å². The smallest absolute Gasteiger partial charge is 0.136 e. The Bertz CT molecular complexity index is 531. The van der Waals surface area contributed by atoms with E-state index in [-0.39, 0.29) is 10.8 Å². The summed E-state index contributed by atoms with van der Waals surface area (Å²) in [4.78, 5) is 1.27. The molecule has 0 aliphatic rings. The van der Waals surface area contributed by atoms with E-state index in [1.54, 1.807) is 17.4 Å². The van der Waals surface area contributed by atoms with Gasteiger partial charge in [0.05, 0.1) is 9.72 Å². The van der Waals surface area contributed by atoms with E-state index in [0.717, 1.165) is 16.5 Å². The molecule has 2 aromatic rings. The van der Waals surface area contributed by atoms with E-state index in [9.17, 15) is 5.11 Å². The Morgan fingerprint density at radius 2 is 1.94 bits per heavy atom. The minimum Gasteiger partial charge on any atom is -0.506 e. The third-order valence-corrected chi connectivity index (χ3v) is 4.49. The van der Waals surface area contributed by atoms with Gasteiger partial charge in [0.2, 0.25) is 0 Å². The monoisotopic (exact) mass is 274 g/mol. The first-order valence-electron chi connectivity index (χ1n) is 5.08. The van der Waals surface area contributed by atoms with Crippen LogP contribution in [0.3, 0.4) is 0 Å². The lowest BCUT2D eigenvalue weighted by molar-refractivity contribution is 0.476. The van der Waals surface area contributed by atoms with Gasteiger partial charge in [-0.3, -0.25) is 0 Å². The van der Waals surface area contributed by atoms with Crippen molar-refractivity contribution in [3.05, 3.63) is 27.1 Å². The number of thiophene rings is 1. The van der Waals surface area contributed by atoms with Crippen molar-refractivity contribution >= 4 is 44.6 Å². The van der Waals surface area contributed by atoms with Crippen LogP contribution in [0, 0.1) is 5.92 Å². The molecule has 0 saturated carbocycles. The lowest BCUT2D eigenvalue weighted by Gasteiger charge is -2.00. The quantitative estimate of drug-likeness (QED) is 0.807. The van der Waals surface area contributed by atoms with Crippen LogP contribution in [0.15, 0.2) is 12.1 Å². The molecule has 0 atom stereocenters. The second-order valence-corrected chi connectivity index (χ2v) is 6.15. The number of fused-ring (bicyclic) bond motifs is 1. The van der Waals surface area contributed by atoms with Crippen LogP contribution in [0.5, 0.6) is 5.75 Å². The van der Waals surface area contributed by atoms with E-state index in [1.807, 2.05) is 0 Å². The van der Waals surface area contributed by atoms with Gasteiger partial charge in [0, 0.05) is 4.88 Å².